The molecule has 0 N–H and O–H groups in total. The van der Waals surface area contributed by atoms with E-state index in [-0.39, 0.29) is 0 Å². The van der Waals surface area contributed by atoms with Crippen LogP contribution in [0.25, 0.3) is 0 Å². The summed E-state index contributed by atoms with van der Waals surface area (Å²) in [6.07, 6.45) is 4.30. The number of hydrogen-bond donors (Lipinski definition) is 0. The Morgan fingerprint density at radius 2 is 2.00 bits per heavy atom. The molecule has 0 bridgehead atoms. The monoisotopic (exact) mass is 208 g/mol. The van der Waals surface area contributed by atoms with E-state index in [1.807, 2.05) is 0 Å². The molecule has 1 heterocycles. The van der Waals surface area contributed by atoms with Crippen LogP contribution in [0.2, 0.25) is 0 Å². The van der Waals surface area contributed by atoms with Gasteiger partial charge in [0.25, 0.3) is 0 Å². The molecule has 0 spiro atoms. The molecule has 0 aliphatic carbocycles. The summed E-state index contributed by atoms with van der Waals surface area (Å²) < 4.78 is 0. The largest absolute Gasteiger partial charge is 0.162 e. The Kier molecular flexibility index (Phi) is 4.07. The predicted molar refractivity (Wildman–Crippen MR) is 48.5 cm³/mol. The normalized spacial score (nSPS) is 22.3. The predicted octanol–water partition coefficient (Wildman–Crippen LogP) is 2.91. The average Bonchev–Trinajstić information content (AvgIpc) is 1.91. The SMILES string of the molecule is BrCCC1CCSCC1. The van der Waals surface area contributed by atoms with Gasteiger partial charge in [-0.2, -0.15) is 11.8 Å². The van der Waals surface area contributed by atoms with Crippen LogP contribution >= 0.6 is 27.7 Å². The molecule has 0 aromatic heterocycles. The molecule has 0 aromatic carbocycles. The van der Waals surface area contributed by atoms with Crippen molar-refractivity contribution in [2.24, 2.45) is 5.92 Å². The summed E-state index contributed by atoms with van der Waals surface area (Å²) in [4.78, 5) is 0. The smallest absolute Gasteiger partial charge is 0.00339 e. The average molecular weight is 209 g/mol. The Morgan fingerprint density at radius 1 is 1.33 bits per heavy atom. The maximum Gasteiger partial charge on any atom is 0.00339 e. The fourth-order valence-electron chi connectivity index (χ4n) is 1.19. The molecule has 1 fully saturated rings. The van der Waals surface area contributed by atoms with Crippen molar-refractivity contribution in [1.29, 1.82) is 0 Å². The summed E-state index contributed by atoms with van der Waals surface area (Å²) >= 11 is 5.59. The van der Waals surface area contributed by atoms with Crippen molar-refractivity contribution in [1.82, 2.24) is 0 Å². The van der Waals surface area contributed by atoms with Gasteiger partial charge in [-0.25, -0.2) is 0 Å². The van der Waals surface area contributed by atoms with Gasteiger partial charge in [0, 0.05) is 5.33 Å². The molecular weight excluding hydrogens is 196 g/mol. The van der Waals surface area contributed by atoms with Gasteiger partial charge in [-0.05, 0) is 36.7 Å². The Labute approximate surface area is 69.9 Å². The highest BCUT2D eigenvalue weighted by molar-refractivity contribution is 9.09. The van der Waals surface area contributed by atoms with Crippen molar-refractivity contribution in [3.63, 3.8) is 0 Å². The van der Waals surface area contributed by atoms with E-state index in [1.165, 1.54) is 36.1 Å². The van der Waals surface area contributed by atoms with E-state index >= 15 is 0 Å². The molecule has 9 heavy (non-hydrogen) atoms. The zero-order valence-electron chi connectivity index (χ0n) is 5.61. The number of thioether (sulfide) groups is 1. The second-order valence-electron chi connectivity index (χ2n) is 2.53. The third kappa shape index (κ3) is 2.94. The van der Waals surface area contributed by atoms with Crippen LogP contribution in [0.1, 0.15) is 19.3 Å². The molecule has 0 saturated carbocycles. The number of alkyl halides is 1. The molecule has 0 amide bonds. The summed E-state index contributed by atoms with van der Waals surface area (Å²) in [7, 11) is 0. The molecule has 1 saturated heterocycles. The fraction of sp³-hybridized carbons (Fsp3) is 1.00. The summed E-state index contributed by atoms with van der Waals surface area (Å²) in [5, 5.41) is 1.20. The molecule has 0 nitrogen and oxygen atoms in total. The van der Waals surface area contributed by atoms with Gasteiger partial charge in [0.1, 0.15) is 0 Å². The van der Waals surface area contributed by atoms with Crippen LogP contribution in [0.4, 0.5) is 0 Å². The molecule has 1 rings (SSSR count). The van der Waals surface area contributed by atoms with E-state index in [0.717, 1.165) is 5.92 Å². The van der Waals surface area contributed by atoms with E-state index in [4.69, 9.17) is 0 Å². The van der Waals surface area contributed by atoms with Crippen molar-refractivity contribution in [2.75, 3.05) is 16.8 Å². The van der Waals surface area contributed by atoms with Crippen LogP contribution in [0.3, 0.4) is 0 Å². The van der Waals surface area contributed by atoms with Crippen LogP contribution in [0.15, 0.2) is 0 Å². The molecule has 0 aromatic rings. The summed E-state index contributed by atoms with van der Waals surface area (Å²) in [5.74, 6) is 3.83. The molecule has 0 atom stereocenters. The minimum atomic E-state index is 1.03. The fourth-order valence-corrected chi connectivity index (χ4v) is 3.04. The molecule has 54 valence electrons. The molecule has 0 radical (unpaired) electrons. The van der Waals surface area contributed by atoms with E-state index in [9.17, 15) is 0 Å². The Balaban J connectivity index is 2.08. The first kappa shape index (κ1) is 7.93. The highest BCUT2D eigenvalue weighted by Crippen LogP contribution is 2.25. The minimum Gasteiger partial charge on any atom is -0.162 e. The van der Waals surface area contributed by atoms with Crippen LogP contribution in [0.5, 0.6) is 0 Å². The second-order valence-corrected chi connectivity index (χ2v) is 4.55. The molecule has 1 aliphatic rings. The minimum absolute atomic E-state index is 1.03. The number of rotatable bonds is 2. The van der Waals surface area contributed by atoms with Gasteiger partial charge >= 0.3 is 0 Å². The van der Waals surface area contributed by atoms with Gasteiger partial charge in [0.05, 0.1) is 0 Å². The standard InChI is InChI=1S/C7H13BrS/c8-4-1-7-2-5-9-6-3-7/h7H,1-6H2. The lowest BCUT2D eigenvalue weighted by atomic mass is 10.0. The van der Waals surface area contributed by atoms with Gasteiger partial charge in [-0.3, -0.25) is 0 Å². The zero-order chi connectivity index (χ0) is 6.53. The van der Waals surface area contributed by atoms with Gasteiger partial charge < -0.3 is 0 Å². The van der Waals surface area contributed by atoms with E-state index in [0.29, 0.717) is 0 Å². The highest BCUT2D eigenvalue weighted by atomic mass is 79.9. The topological polar surface area (TPSA) is 0 Å². The Morgan fingerprint density at radius 3 is 2.56 bits per heavy atom. The van der Waals surface area contributed by atoms with Crippen molar-refractivity contribution in [2.45, 2.75) is 19.3 Å². The Hall–Kier alpha value is 0.830. The number of halogens is 1. The maximum absolute atomic E-state index is 3.48. The van der Waals surface area contributed by atoms with E-state index < -0.39 is 0 Å². The summed E-state index contributed by atoms with van der Waals surface area (Å²) in [5.41, 5.74) is 0. The summed E-state index contributed by atoms with van der Waals surface area (Å²) in [6, 6.07) is 0. The molecule has 1 aliphatic heterocycles. The van der Waals surface area contributed by atoms with Gasteiger partial charge in [-0.15, -0.1) is 0 Å². The van der Waals surface area contributed by atoms with Crippen LogP contribution in [0, 0.1) is 5.92 Å². The first-order valence-corrected chi connectivity index (χ1v) is 5.85. The third-order valence-electron chi connectivity index (χ3n) is 1.86. The van der Waals surface area contributed by atoms with Crippen molar-refractivity contribution in [3.8, 4) is 0 Å². The zero-order valence-corrected chi connectivity index (χ0v) is 8.01. The molecule has 2 heteroatoms. The second kappa shape index (κ2) is 4.62. The Bertz CT molecular complexity index is 66.6. The van der Waals surface area contributed by atoms with Gasteiger partial charge in [0.15, 0.2) is 0 Å². The number of hydrogen-bond acceptors (Lipinski definition) is 1. The maximum atomic E-state index is 3.48. The third-order valence-corrected chi connectivity index (χ3v) is 3.36. The van der Waals surface area contributed by atoms with Crippen molar-refractivity contribution < 1.29 is 0 Å². The van der Waals surface area contributed by atoms with Crippen LogP contribution in [-0.4, -0.2) is 16.8 Å². The van der Waals surface area contributed by atoms with Crippen molar-refractivity contribution in [3.05, 3.63) is 0 Å². The quantitative estimate of drug-likeness (QED) is 0.630. The lowest BCUT2D eigenvalue weighted by Crippen LogP contribution is -2.09. The summed E-state index contributed by atoms with van der Waals surface area (Å²) in [6.45, 7) is 0. The lowest BCUT2D eigenvalue weighted by Gasteiger charge is -2.19. The first-order chi connectivity index (χ1) is 4.43. The van der Waals surface area contributed by atoms with Gasteiger partial charge in [0.2, 0.25) is 0 Å². The van der Waals surface area contributed by atoms with Crippen molar-refractivity contribution >= 4 is 27.7 Å². The van der Waals surface area contributed by atoms with Crippen LogP contribution < -0.4 is 0 Å². The lowest BCUT2D eigenvalue weighted by molar-refractivity contribution is 0.480. The first-order valence-electron chi connectivity index (χ1n) is 3.57. The van der Waals surface area contributed by atoms with E-state index in [2.05, 4.69) is 27.7 Å². The molecular formula is C7H13BrS. The van der Waals surface area contributed by atoms with Crippen LogP contribution in [-0.2, 0) is 0 Å². The van der Waals surface area contributed by atoms with Gasteiger partial charge in [-0.1, -0.05) is 15.9 Å². The highest BCUT2D eigenvalue weighted by Gasteiger charge is 2.11. The van der Waals surface area contributed by atoms with E-state index in [1.54, 1.807) is 0 Å². The molecule has 0 unspecified atom stereocenters.